The third-order valence-electron chi connectivity index (χ3n) is 2.68. The lowest BCUT2D eigenvalue weighted by molar-refractivity contribution is 0.122. The Hall–Kier alpha value is -1.06. The molecule has 0 aromatic heterocycles. The third-order valence-corrected chi connectivity index (χ3v) is 2.68. The maximum Gasteiger partial charge on any atom is 0.122 e. The number of aliphatic hydroxyl groups excluding tert-OH is 2. The summed E-state index contributed by atoms with van der Waals surface area (Å²) in [6.07, 6.45) is 0.805. The summed E-state index contributed by atoms with van der Waals surface area (Å²) >= 11 is 0. The van der Waals surface area contributed by atoms with Gasteiger partial charge in [0.1, 0.15) is 12.4 Å². The monoisotopic (exact) mass is 208 g/mol. The lowest BCUT2D eigenvalue weighted by atomic mass is 10.1. The van der Waals surface area contributed by atoms with Gasteiger partial charge < -0.3 is 14.9 Å². The molecule has 0 saturated heterocycles. The van der Waals surface area contributed by atoms with Crippen molar-refractivity contribution in [2.24, 2.45) is 0 Å². The van der Waals surface area contributed by atoms with Crippen LogP contribution in [0.2, 0.25) is 0 Å². The first-order chi connectivity index (χ1) is 7.18. The van der Waals surface area contributed by atoms with Gasteiger partial charge in [-0.1, -0.05) is 12.1 Å². The van der Waals surface area contributed by atoms with E-state index in [9.17, 15) is 5.11 Å². The maximum atomic E-state index is 9.68. The highest BCUT2D eigenvalue weighted by Crippen LogP contribution is 2.36. The van der Waals surface area contributed by atoms with Crippen LogP contribution in [0.3, 0.4) is 0 Å². The van der Waals surface area contributed by atoms with Gasteiger partial charge in [-0.25, -0.2) is 0 Å². The number of fused-ring (bicyclic) bond motifs is 1. The molecule has 0 aliphatic heterocycles. The summed E-state index contributed by atoms with van der Waals surface area (Å²) in [5, 5.41) is 18.8. The topological polar surface area (TPSA) is 49.7 Å². The SMILES string of the molecule is CC(O)COc1cccc2c1CCC2O. The Bertz CT molecular complexity index is 347. The number of ether oxygens (including phenoxy) is 1. The van der Waals surface area contributed by atoms with Gasteiger partial charge in [0.05, 0.1) is 12.2 Å². The van der Waals surface area contributed by atoms with Crippen molar-refractivity contribution < 1.29 is 14.9 Å². The molecule has 0 radical (unpaired) electrons. The van der Waals surface area contributed by atoms with E-state index in [0.29, 0.717) is 6.61 Å². The molecule has 1 aliphatic carbocycles. The van der Waals surface area contributed by atoms with Gasteiger partial charge in [0, 0.05) is 5.56 Å². The highest BCUT2D eigenvalue weighted by atomic mass is 16.5. The third kappa shape index (κ3) is 2.13. The first-order valence-corrected chi connectivity index (χ1v) is 5.29. The second kappa shape index (κ2) is 4.21. The molecular formula is C12H16O3. The van der Waals surface area contributed by atoms with Crippen LogP contribution in [0, 0.1) is 0 Å². The Morgan fingerprint density at radius 1 is 1.53 bits per heavy atom. The quantitative estimate of drug-likeness (QED) is 0.790. The smallest absolute Gasteiger partial charge is 0.122 e. The average molecular weight is 208 g/mol. The van der Waals surface area contributed by atoms with Crippen LogP contribution >= 0.6 is 0 Å². The molecule has 2 rings (SSSR count). The zero-order chi connectivity index (χ0) is 10.8. The van der Waals surface area contributed by atoms with Crippen molar-refractivity contribution >= 4 is 0 Å². The van der Waals surface area contributed by atoms with Crippen LogP contribution in [0.5, 0.6) is 5.75 Å². The molecule has 1 aliphatic rings. The van der Waals surface area contributed by atoms with Gasteiger partial charge in [0.15, 0.2) is 0 Å². The van der Waals surface area contributed by atoms with Gasteiger partial charge >= 0.3 is 0 Å². The Labute approximate surface area is 89.3 Å². The van der Waals surface area contributed by atoms with E-state index in [4.69, 9.17) is 9.84 Å². The fraction of sp³-hybridized carbons (Fsp3) is 0.500. The summed E-state index contributed by atoms with van der Waals surface area (Å²) in [5.41, 5.74) is 2.06. The molecule has 2 N–H and O–H groups in total. The van der Waals surface area contributed by atoms with Crippen LogP contribution in [-0.2, 0) is 6.42 Å². The molecule has 15 heavy (non-hydrogen) atoms. The summed E-state index contributed by atoms with van der Waals surface area (Å²) in [6, 6.07) is 5.70. The average Bonchev–Trinajstić information content (AvgIpc) is 2.58. The van der Waals surface area contributed by atoms with E-state index in [2.05, 4.69) is 0 Å². The number of rotatable bonds is 3. The fourth-order valence-corrected chi connectivity index (χ4v) is 1.94. The Morgan fingerprint density at radius 3 is 3.07 bits per heavy atom. The van der Waals surface area contributed by atoms with Crippen molar-refractivity contribution in [2.45, 2.75) is 32.0 Å². The molecule has 0 heterocycles. The van der Waals surface area contributed by atoms with Crippen molar-refractivity contribution in [1.29, 1.82) is 0 Å². The van der Waals surface area contributed by atoms with E-state index >= 15 is 0 Å². The molecule has 0 bridgehead atoms. The summed E-state index contributed by atoms with van der Waals surface area (Å²) < 4.78 is 5.50. The van der Waals surface area contributed by atoms with Crippen molar-refractivity contribution in [3.05, 3.63) is 29.3 Å². The van der Waals surface area contributed by atoms with E-state index in [1.807, 2.05) is 18.2 Å². The second-order valence-corrected chi connectivity index (χ2v) is 4.04. The minimum Gasteiger partial charge on any atom is -0.491 e. The minimum absolute atomic E-state index is 0.298. The predicted molar refractivity (Wildman–Crippen MR) is 56.9 cm³/mol. The summed E-state index contributed by atoms with van der Waals surface area (Å²) in [4.78, 5) is 0. The first-order valence-electron chi connectivity index (χ1n) is 5.29. The van der Waals surface area contributed by atoms with E-state index in [-0.39, 0.29) is 6.10 Å². The van der Waals surface area contributed by atoms with E-state index in [1.54, 1.807) is 6.92 Å². The summed E-state index contributed by atoms with van der Waals surface area (Å²) in [6.45, 7) is 1.99. The first kappa shape index (κ1) is 10.5. The van der Waals surface area contributed by atoms with Crippen molar-refractivity contribution in [2.75, 3.05) is 6.61 Å². The number of benzene rings is 1. The molecule has 2 unspecified atom stereocenters. The Morgan fingerprint density at radius 2 is 2.33 bits per heavy atom. The number of aliphatic hydroxyl groups is 2. The van der Waals surface area contributed by atoms with E-state index in [1.165, 1.54) is 0 Å². The highest BCUT2D eigenvalue weighted by molar-refractivity contribution is 5.44. The van der Waals surface area contributed by atoms with Crippen LogP contribution in [0.1, 0.15) is 30.6 Å². The maximum absolute atomic E-state index is 9.68. The van der Waals surface area contributed by atoms with Crippen LogP contribution < -0.4 is 4.74 Å². The van der Waals surface area contributed by atoms with E-state index in [0.717, 1.165) is 29.7 Å². The second-order valence-electron chi connectivity index (χ2n) is 4.04. The number of hydrogen-bond acceptors (Lipinski definition) is 3. The fourth-order valence-electron chi connectivity index (χ4n) is 1.94. The van der Waals surface area contributed by atoms with Gasteiger partial charge in [0.25, 0.3) is 0 Å². The molecule has 0 fully saturated rings. The molecule has 1 aromatic rings. The van der Waals surface area contributed by atoms with Crippen molar-refractivity contribution in [3.8, 4) is 5.75 Å². The molecular weight excluding hydrogens is 192 g/mol. The lowest BCUT2D eigenvalue weighted by Crippen LogP contribution is -2.13. The molecule has 0 amide bonds. The zero-order valence-electron chi connectivity index (χ0n) is 8.81. The molecule has 1 aromatic carbocycles. The van der Waals surface area contributed by atoms with Gasteiger partial charge in [-0.05, 0) is 31.4 Å². The molecule has 2 atom stereocenters. The van der Waals surface area contributed by atoms with Crippen LogP contribution in [0.15, 0.2) is 18.2 Å². The van der Waals surface area contributed by atoms with E-state index < -0.39 is 6.10 Å². The van der Waals surface area contributed by atoms with Gasteiger partial charge in [-0.3, -0.25) is 0 Å². The van der Waals surface area contributed by atoms with Gasteiger partial charge in [-0.2, -0.15) is 0 Å². The zero-order valence-corrected chi connectivity index (χ0v) is 8.81. The normalized spacial score (nSPS) is 21.1. The van der Waals surface area contributed by atoms with Crippen molar-refractivity contribution in [3.63, 3.8) is 0 Å². The summed E-state index contributed by atoms with van der Waals surface area (Å²) in [5.74, 6) is 0.796. The standard InChI is InChI=1S/C12H16O3/c1-8(13)7-15-12-4-2-3-9-10(12)5-6-11(9)14/h2-4,8,11,13-14H,5-7H2,1H3. The van der Waals surface area contributed by atoms with Gasteiger partial charge in [0.2, 0.25) is 0 Å². The number of hydrogen-bond donors (Lipinski definition) is 2. The molecule has 0 saturated carbocycles. The largest absolute Gasteiger partial charge is 0.491 e. The molecule has 3 heteroatoms. The van der Waals surface area contributed by atoms with Crippen LogP contribution in [0.4, 0.5) is 0 Å². The minimum atomic E-state index is -0.466. The molecule has 82 valence electrons. The molecule has 0 spiro atoms. The highest BCUT2D eigenvalue weighted by Gasteiger charge is 2.23. The Balaban J connectivity index is 2.19. The summed E-state index contributed by atoms with van der Waals surface area (Å²) in [7, 11) is 0. The predicted octanol–water partition coefficient (Wildman–Crippen LogP) is 1.43. The Kier molecular flexibility index (Phi) is 2.93. The lowest BCUT2D eigenvalue weighted by Gasteiger charge is -2.12. The van der Waals surface area contributed by atoms with Gasteiger partial charge in [-0.15, -0.1) is 0 Å². The van der Waals surface area contributed by atoms with Crippen molar-refractivity contribution in [1.82, 2.24) is 0 Å². The molecule has 3 nitrogen and oxygen atoms in total. The van der Waals surface area contributed by atoms with Crippen LogP contribution in [0.25, 0.3) is 0 Å². The van der Waals surface area contributed by atoms with Crippen LogP contribution in [-0.4, -0.2) is 22.9 Å².